The molecule has 9 atom stereocenters. The van der Waals surface area contributed by atoms with Gasteiger partial charge in [-0.15, -0.1) is 0 Å². The second-order valence-corrected chi connectivity index (χ2v) is 12.0. The van der Waals surface area contributed by atoms with E-state index in [0.29, 0.717) is 28.4 Å². The Kier molecular flexibility index (Phi) is 8.75. The average Bonchev–Trinajstić information content (AvgIpc) is 3.47. The molecule has 0 radical (unpaired) electrons. The molecule has 0 spiro atoms. The fourth-order valence-electron chi connectivity index (χ4n) is 7.38. The molecule has 1 aliphatic carbocycles. The summed E-state index contributed by atoms with van der Waals surface area (Å²) in [7, 11) is 5.86. The summed E-state index contributed by atoms with van der Waals surface area (Å²) < 4.78 is 47.2. The predicted octanol–water partition coefficient (Wildman–Crippen LogP) is 3.17. The van der Waals surface area contributed by atoms with Gasteiger partial charge in [0.05, 0.1) is 39.1 Å². The molecule has 6 rings (SSSR count). The van der Waals surface area contributed by atoms with Gasteiger partial charge in [0.15, 0.2) is 28.8 Å². The number of fused-ring (bicyclic) bond motifs is 3. The Balaban J connectivity index is 1.53. The smallest absolute Gasteiger partial charge is 0.303 e. The second-order valence-electron chi connectivity index (χ2n) is 12.0. The molecule has 1 saturated carbocycles. The summed E-state index contributed by atoms with van der Waals surface area (Å²) in [6.45, 7) is 2.89. The van der Waals surface area contributed by atoms with Crippen molar-refractivity contribution in [3.63, 3.8) is 0 Å². The maximum absolute atomic E-state index is 12.9. The van der Waals surface area contributed by atoms with Gasteiger partial charge in [-0.05, 0) is 31.0 Å². The molecule has 12 nitrogen and oxygen atoms in total. The van der Waals surface area contributed by atoms with Crippen molar-refractivity contribution in [3.8, 4) is 28.7 Å². The number of aliphatic hydroxyl groups is 3. The number of methoxy groups -OCH3 is 4. The standard InChI is InChI=1S/C35H40O12/c1-18-30(38)31(43-6)32(45-19(2)36)33(44-18)46-25-14-21(12-13-24(25)41-4)35-23(20-10-8-7-9-11-20)17-28(37)34(35,39)29-26(42-5)15-22(40-3)16-27(29)47-35/h7-16,18,23,28,30-33,37-39H,17H2,1-6H3/t18-,23-,28+,30-,31+,32+,33+,34-,35+/m1/s1. The summed E-state index contributed by atoms with van der Waals surface area (Å²) in [4.78, 5) is 12.1. The molecular weight excluding hydrogens is 612 g/mol. The molecule has 0 bridgehead atoms. The summed E-state index contributed by atoms with van der Waals surface area (Å²) >= 11 is 0. The Bertz CT molecular complexity index is 1610. The van der Waals surface area contributed by atoms with Crippen LogP contribution in [0.4, 0.5) is 0 Å². The second kappa shape index (κ2) is 12.5. The van der Waals surface area contributed by atoms with Gasteiger partial charge < -0.3 is 53.2 Å². The van der Waals surface area contributed by atoms with Crippen molar-refractivity contribution in [2.75, 3.05) is 28.4 Å². The van der Waals surface area contributed by atoms with E-state index in [-0.39, 0.29) is 17.9 Å². The minimum atomic E-state index is -1.99. The quantitative estimate of drug-likeness (QED) is 0.291. The van der Waals surface area contributed by atoms with Gasteiger partial charge in [0, 0.05) is 37.6 Å². The molecule has 0 unspecified atom stereocenters. The lowest BCUT2D eigenvalue weighted by molar-refractivity contribution is -0.278. The van der Waals surface area contributed by atoms with Crippen LogP contribution in [0.1, 0.15) is 42.9 Å². The summed E-state index contributed by atoms with van der Waals surface area (Å²) in [5.74, 6) is 0.320. The third-order valence-corrected chi connectivity index (χ3v) is 9.52. The number of hydrogen-bond acceptors (Lipinski definition) is 12. The minimum absolute atomic E-state index is 0.155. The van der Waals surface area contributed by atoms with Gasteiger partial charge in [-0.25, -0.2) is 0 Å². The first-order chi connectivity index (χ1) is 22.5. The van der Waals surface area contributed by atoms with E-state index in [1.54, 1.807) is 37.3 Å². The first-order valence-electron chi connectivity index (χ1n) is 15.3. The molecule has 2 aliphatic heterocycles. The molecule has 0 aromatic heterocycles. The lowest BCUT2D eigenvalue weighted by atomic mass is 9.71. The summed E-state index contributed by atoms with van der Waals surface area (Å²) in [6.07, 6.45) is -6.26. The summed E-state index contributed by atoms with van der Waals surface area (Å²) in [5.41, 5.74) is -2.01. The zero-order chi connectivity index (χ0) is 33.7. The molecular formula is C35H40O12. The lowest BCUT2D eigenvalue weighted by Crippen LogP contribution is -2.60. The first kappa shape index (κ1) is 32.9. The van der Waals surface area contributed by atoms with Gasteiger partial charge >= 0.3 is 5.97 Å². The van der Waals surface area contributed by atoms with Gasteiger partial charge in [-0.2, -0.15) is 0 Å². The number of esters is 1. The van der Waals surface area contributed by atoms with Gasteiger partial charge in [0.25, 0.3) is 0 Å². The van der Waals surface area contributed by atoms with E-state index >= 15 is 0 Å². The van der Waals surface area contributed by atoms with Crippen molar-refractivity contribution in [1.29, 1.82) is 0 Å². The number of rotatable bonds is 9. The van der Waals surface area contributed by atoms with E-state index in [1.165, 1.54) is 35.4 Å². The Morgan fingerprint density at radius 2 is 1.62 bits per heavy atom. The maximum Gasteiger partial charge on any atom is 0.303 e. The van der Waals surface area contributed by atoms with E-state index in [0.717, 1.165) is 5.56 Å². The molecule has 252 valence electrons. The van der Waals surface area contributed by atoms with Gasteiger partial charge in [-0.1, -0.05) is 36.4 Å². The molecule has 3 aromatic rings. The number of ether oxygens (including phenoxy) is 8. The Labute approximate surface area is 272 Å². The van der Waals surface area contributed by atoms with Crippen LogP contribution in [-0.2, 0) is 30.2 Å². The van der Waals surface area contributed by atoms with E-state index in [9.17, 15) is 20.1 Å². The highest BCUT2D eigenvalue weighted by molar-refractivity contribution is 5.66. The Morgan fingerprint density at radius 1 is 0.894 bits per heavy atom. The highest BCUT2D eigenvalue weighted by atomic mass is 16.7. The predicted molar refractivity (Wildman–Crippen MR) is 166 cm³/mol. The van der Waals surface area contributed by atoms with Crippen molar-refractivity contribution in [3.05, 3.63) is 77.4 Å². The van der Waals surface area contributed by atoms with Crippen molar-refractivity contribution < 1.29 is 58.0 Å². The Hall–Kier alpha value is -4.07. The molecule has 3 N–H and O–H groups in total. The largest absolute Gasteiger partial charge is 0.496 e. The van der Waals surface area contributed by atoms with E-state index in [2.05, 4.69) is 0 Å². The van der Waals surface area contributed by atoms with Crippen molar-refractivity contribution in [2.45, 2.75) is 74.2 Å². The van der Waals surface area contributed by atoms with Crippen LogP contribution in [0.2, 0.25) is 0 Å². The molecule has 2 heterocycles. The van der Waals surface area contributed by atoms with Crippen LogP contribution < -0.4 is 23.7 Å². The highest BCUT2D eigenvalue weighted by Crippen LogP contribution is 2.69. The maximum atomic E-state index is 12.9. The SMILES string of the molecule is COc1cc(OC)c2c(c1)O[C@@]1(c3ccc(OC)c(O[C@@H]4O[C@H](C)[C@@H](O)[C@H](OC)[C@@H]4OC(C)=O)c3)[C@@H](c3ccccc3)C[C@H](O)[C@@]21O. The van der Waals surface area contributed by atoms with Gasteiger partial charge in [0.1, 0.15) is 29.5 Å². The van der Waals surface area contributed by atoms with Gasteiger partial charge in [0.2, 0.25) is 6.29 Å². The van der Waals surface area contributed by atoms with Crippen LogP contribution >= 0.6 is 0 Å². The number of hydrogen-bond donors (Lipinski definition) is 3. The fourth-order valence-corrected chi connectivity index (χ4v) is 7.38. The molecule has 3 aliphatic rings. The van der Waals surface area contributed by atoms with Crippen LogP contribution in [0.3, 0.4) is 0 Å². The topological polar surface area (TPSA) is 152 Å². The minimum Gasteiger partial charge on any atom is -0.496 e. The molecule has 3 aromatic carbocycles. The molecule has 1 saturated heterocycles. The summed E-state index contributed by atoms with van der Waals surface area (Å²) in [5, 5.41) is 35.4. The van der Waals surface area contributed by atoms with E-state index in [1.807, 2.05) is 30.3 Å². The molecule has 2 fully saturated rings. The van der Waals surface area contributed by atoms with Crippen LogP contribution in [0, 0.1) is 0 Å². The normalized spacial score (nSPS) is 32.5. The zero-order valence-electron chi connectivity index (χ0n) is 27.0. The number of carbonyl (C=O) groups excluding carboxylic acids is 1. The van der Waals surface area contributed by atoms with E-state index < -0.39 is 59.9 Å². The molecule has 47 heavy (non-hydrogen) atoms. The fraction of sp³-hybridized carbons (Fsp3) is 0.457. The third-order valence-electron chi connectivity index (χ3n) is 9.52. The monoisotopic (exact) mass is 652 g/mol. The third kappa shape index (κ3) is 5.06. The lowest BCUT2D eigenvalue weighted by Gasteiger charge is -2.42. The zero-order valence-corrected chi connectivity index (χ0v) is 27.0. The summed E-state index contributed by atoms with van der Waals surface area (Å²) in [6, 6.07) is 17.9. The van der Waals surface area contributed by atoms with Crippen molar-refractivity contribution in [2.24, 2.45) is 0 Å². The highest BCUT2D eigenvalue weighted by Gasteiger charge is 2.73. The van der Waals surface area contributed by atoms with Crippen molar-refractivity contribution in [1.82, 2.24) is 0 Å². The molecule has 0 amide bonds. The average molecular weight is 653 g/mol. The van der Waals surface area contributed by atoms with Crippen LogP contribution in [0.25, 0.3) is 0 Å². The van der Waals surface area contributed by atoms with Crippen molar-refractivity contribution >= 4 is 5.97 Å². The Morgan fingerprint density at radius 3 is 2.26 bits per heavy atom. The van der Waals surface area contributed by atoms with Crippen LogP contribution in [0.5, 0.6) is 28.7 Å². The van der Waals surface area contributed by atoms with Gasteiger partial charge in [-0.3, -0.25) is 4.79 Å². The van der Waals surface area contributed by atoms with Crippen LogP contribution in [-0.4, -0.2) is 86.5 Å². The number of carbonyl (C=O) groups is 1. The first-order valence-corrected chi connectivity index (χ1v) is 15.3. The van der Waals surface area contributed by atoms with E-state index in [4.69, 9.17) is 37.9 Å². The number of aliphatic hydroxyl groups excluding tert-OH is 2. The number of benzene rings is 3. The molecule has 12 heteroatoms. The van der Waals surface area contributed by atoms with Crippen LogP contribution in [0.15, 0.2) is 60.7 Å².